The largest absolute Gasteiger partial charge is 0.490 e. The maximum atomic E-state index is 12.4. The van der Waals surface area contributed by atoms with Crippen molar-refractivity contribution < 1.29 is 14.3 Å². The topological polar surface area (TPSA) is 82.4 Å². The van der Waals surface area contributed by atoms with Crippen molar-refractivity contribution in [1.82, 2.24) is 25.1 Å². The number of amides is 1. The first kappa shape index (κ1) is 19.1. The van der Waals surface area contributed by atoms with Crippen LogP contribution in [0.25, 0.3) is 11.4 Å². The molecule has 0 saturated carbocycles. The van der Waals surface area contributed by atoms with Crippen LogP contribution in [-0.4, -0.2) is 57.3 Å². The molecule has 146 valence electrons. The lowest BCUT2D eigenvalue weighted by Gasteiger charge is -2.30. The van der Waals surface area contributed by atoms with Gasteiger partial charge in [-0.05, 0) is 56.0 Å². The first-order valence-electron chi connectivity index (χ1n) is 9.56. The number of aromatic nitrogens is 4. The van der Waals surface area contributed by atoms with Crippen molar-refractivity contribution in [3.05, 3.63) is 18.2 Å². The number of hydrogen-bond donors (Lipinski definition) is 0. The van der Waals surface area contributed by atoms with Crippen molar-refractivity contribution in [2.75, 3.05) is 26.3 Å². The van der Waals surface area contributed by atoms with Gasteiger partial charge in [0, 0.05) is 18.7 Å². The summed E-state index contributed by atoms with van der Waals surface area (Å²) in [4.78, 5) is 15.7. The van der Waals surface area contributed by atoms with Gasteiger partial charge in [0.15, 0.2) is 11.5 Å². The lowest BCUT2D eigenvalue weighted by Crippen LogP contribution is -2.40. The summed E-state index contributed by atoms with van der Waals surface area (Å²) < 4.78 is 11.2. The van der Waals surface area contributed by atoms with Gasteiger partial charge in [-0.3, -0.25) is 4.79 Å². The molecule has 0 aliphatic carbocycles. The molecule has 0 unspecified atom stereocenters. The number of likely N-dealkylation sites (tertiary alicyclic amines) is 1. The van der Waals surface area contributed by atoms with Gasteiger partial charge in [-0.2, -0.15) is 4.80 Å². The van der Waals surface area contributed by atoms with Gasteiger partial charge in [-0.1, -0.05) is 6.92 Å². The average Bonchev–Trinajstić information content (AvgIpc) is 3.12. The molecule has 0 spiro atoms. The highest BCUT2D eigenvalue weighted by Crippen LogP contribution is 2.31. The Hall–Kier alpha value is -2.64. The predicted octanol–water partition coefficient (Wildman–Crippen LogP) is 2.40. The Balaban J connectivity index is 1.69. The molecule has 2 aromatic rings. The second-order valence-electron chi connectivity index (χ2n) is 6.73. The smallest absolute Gasteiger partial charge is 0.246 e. The molecule has 0 bridgehead atoms. The monoisotopic (exact) mass is 373 g/mol. The normalized spacial score (nSPS) is 15.0. The zero-order chi connectivity index (χ0) is 19.2. The Kier molecular flexibility index (Phi) is 6.26. The second-order valence-corrected chi connectivity index (χ2v) is 6.73. The van der Waals surface area contributed by atoms with E-state index < -0.39 is 0 Å². The predicted molar refractivity (Wildman–Crippen MR) is 101 cm³/mol. The number of nitrogens with zero attached hydrogens (tertiary/aromatic N) is 5. The van der Waals surface area contributed by atoms with Crippen molar-refractivity contribution >= 4 is 5.91 Å². The van der Waals surface area contributed by atoms with E-state index in [9.17, 15) is 4.79 Å². The molecular formula is C19H27N5O3. The number of ether oxygens (including phenoxy) is 2. The van der Waals surface area contributed by atoms with E-state index in [4.69, 9.17) is 9.47 Å². The van der Waals surface area contributed by atoms with Crippen LogP contribution in [0.5, 0.6) is 11.5 Å². The van der Waals surface area contributed by atoms with Gasteiger partial charge in [-0.25, -0.2) is 0 Å². The molecule has 0 N–H and O–H groups in total. The van der Waals surface area contributed by atoms with Gasteiger partial charge < -0.3 is 14.4 Å². The molecule has 27 heavy (non-hydrogen) atoms. The van der Waals surface area contributed by atoms with Crippen LogP contribution < -0.4 is 9.47 Å². The number of hydrogen-bond acceptors (Lipinski definition) is 6. The molecule has 0 atom stereocenters. The maximum Gasteiger partial charge on any atom is 0.246 e. The highest BCUT2D eigenvalue weighted by Gasteiger charge is 2.21. The number of tetrazole rings is 1. The van der Waals surface area contributed by atoms with Crippen LogP contribution in [0.2, 0.25) is 0 Å². The summed E-state index contributed by atoms with van der Waals surface area (Å²) >= 11 is 0. The molecule has 1 aliphatic rings. The van der Waals surface area contributed by atoms with Gasteiger partial charge in [0.25, 0.3) is 0 Å². The van der Waals surface area contributed by atoms with Gasteiger partial charge >= 0.3 is 0 Å². The Morgan fingerprint density at radius 3 is 2.56 bits per heavy atom. The summed E-state index contributed by atoms with van der Waals surface area (Å²) in [7, 11) is 0. The molecule has 8 heteroatoms. The van der Waals surface area contributed by atoms with E-state index >= 15 is 0 Å². The molecule has 1 aromatic heterocycles. The average molecular weight is 373 g/mol. The third kappa shape index (κ3) is 4.75. The Labute approximate surface area is 159 Å². The third-order valence-corrected chi connectivity index (χ3v) is 4.67. The lowest BCUT2D eigenvalue weighted by atomic mass is 9.99. The van der Waals surface area contributed by atoms with Crippen molar-refractivity contribution in [2.24, 2.45) is 5.92 Å². The fourth-order valence-corrected chi connectivity index (χ4v) is 3.09. The van der Waals surface area contributed by atoms with E-state index in [0.29, 0.717) is 36.5 Å². The fourth-order valence-electron chi connectivity index (χ4n) is 3.09. The number of carbonyl (C=O) groups is 1. The molecule has 1 aliphatic heterocycles. The summed E-state index contributed by atoms with van der Waals surface area (Å²) in [5.74, 6) is 2.51. The van der Waals surface area contributed by atoms with Gasteiger partial charge in [0.1, 0.15) is 6.54 Å². The number of rotatable bonds is 7. The number of carbonyl (C=O) groups excluding carboxylic acids is 1. The molecule has 8 nitrogen and oxygen atoms in total. The SMILES string of the molecule is CCOc1ccc(-c2nnn(CC(=O)N3CCC(C)CC3)n2)cc1OCC. The Morgan fingerprint density at radius 2 is 1.85 bits per heavy atom. The molecule has 2 heterocycles. The molecule has 0 radical (unpaired) electrons. The minimum atomic E-state index is 0.0348. The van der Waals surface area contributed by atoms with E-state index in [-0.39, 0.29) is 12.5 Å². The van der Waals surface area contributed by atoms with Crippen LogP contribution in [0.1, 0.15) is 33.6 Å². The summed E-state index contributed by atoms with van der Waals surface area (Å²) in [5, 5.41) is 12.5. The van der Waals surface area contributed by atoms with Gasteiger partial charge in [-0.15, -0.1) is 10.2 Å². The first-order chi connectivity index (χ1) is 13.1. The van der Waals surface area contributed by atoms with E-state index in [2.05, 4.69) is 22.3 Å². The first-order valence-corrected chi connectivity index (χ1v) is 9.56. The van der Waals surface area contributed by atoms with E-state index in [1.54, 1.807) is 0 Å². The summed E-state index contributed by atoms with van der Waals surface area (Å²) in [5.41, 5.74) is 0.771. The Morgan fingerprint density at radius 1 is 1.15 bits per heavy atom. The van der Waals surface area contributed by atoms with Crippen molar-refractivity contribution in [1.29, 1.82) is 0 Å². The highest BCUT2D eigenvalue weighted by atomic mass is 16.5. The van der Waals surface area contributed by atoms with Crippen LogP contribution in [-0.2, 0) is 11.3 Å². The number of benzene rings is 1. The summed E-state index contributed by atoms with van der Waals surface area (Å²) in [6.07, 6.45) is 2.10. The van der Waals surface area contributed by atoms with Gasteiger partial charge in [0.2, 0.25) is 11.7 Å². The molecule has 3 rings (SSSR count). The fraction of sp³-hybridized carbons (Fsp3) is 0.579. The minimum Gasteiger partial charge on any atom is -0.490 e. The van der Waals surface area contributed by atoms with E-state index in [0.717, 1.165) is 31.5 Å². The third-order valence-electron chi connectivity index (χ3n) is 4.67. The molecule has 1 aromatic carbocycles. The molecular weight excluding hydrogens is 346 g/mol. The zero-order valence-electron chi connectivity index (χ0n) is 16.2. The maximum absolute atomic E-state index is 12.4. The molecule has 1 fully saturated rings. The van der Waals surface area contributed by atoms with E-state index in [1.807, 2.05) is 36.9 Å². The summed E-state index contributed by atoms with van der Waals surface area (Å²) in [6.45, 7) is 8.88. The van der Waals surface area contributed by atoms with Crippen LogP contribution in [0.15, 0.2) is 18.2 Å². The van der Waals surface area contributed by atoms with Crippen molar-refractivity contribution in [3.63, 3.8) is 0 Å². The standard InChI is InChI=1S/C19H27N5O3/c1-4-26-16-7-6-15(12-17(16)27-5-2)19-20-22-24(21-19)13-18(25)23-10-8-14(3)9-11-23/h6-7,12,14H,4-5,8-11,13H2,1-3H3. The van der Waals surface area contributed by atoms with E-state index in [1.165, 1.54) is 4.80 Å². The minimum absolute atomic E-state index is 0.0348. The quantitative estimate of drug-likeness (QED) is 0.741. The highest BCUT2D eigenvalue weighted by molar-refractivity contribution is 5.75. The zero-order valence-corrected chi connectivity index (χ0v) is 16.2. The lowest BCUT2D eigenvalue weighted by molar-refractivity contribution is -0.133. The molecule has 1 saturated heterocycles. The van der Waals surface area contributed by atoms with Crippen LogP contribution >= 0.6 is 0 Å². The van der Waals surface area contributed by atoms with Crippen molar-refractivity contribution in [2.45, 2.75) is 40.2 Å². The Bertz CT molecular complexity index is 768. The molecule has 1 amide bonds. The van der Waals surface area contributed by atoms with Gasteiger partial charge in [0.05, 0.1) is 13.2 Å². The van der Waals surface area contributed by atoms with Crippen LogP contribution in [0, 0.1) is 5.92 Å². The van der Waals surface area contributed by atoms with Crippen LogP contribution in [0.3, 0.4) is 0 Å². The number of piperidine rings is 1. The summed E-state index contributed by atoms with van der Waals surface area (Å²) in [6, 6.07) is 5.54. The van der Waals surface area contributed by atoms with Crippen molar-refractivity contribution in [3.8, 4) is 22.9 Å². The second kappa shape index (κ2) is 8.83. The van der Waals surface area contributed by atoms with Crippen LogP contribution in [0.4, 0.5) is 0 Å².